The van der Waals surface area contributed by atoms with Crippen molar-refractivity contribution in [2.24, 2.45) is 0 Å². The lowest BCUT2D eigenvalue weighted by atomic mass is 10.1. The van der Waals surface area contributed by atoms with E-state index in [1.807, 2.05) is 4.90 Å². The lowest BCUT2D eigenvalue weighted by molar-refractivity contribution is -0.143. The Labute approximate surface area is 209 Å². The maximum absolute atomic E-state index is 13.1. The van der Waals surface area contributed by atoms with Gasteiger partial charge in [0.25, 0.3) is 0 Å². The molecule has 12 heteroatoms. The molecule has 3 saturated heterocycles. The smallest absolute Gasteiger partial charge is 0.242 e. The van der Waals surface area contributed by atoms with Crippen LogP contribution >= 0.6 is 22.9 Å². The lowest BCUT2D eigenvalue weighted by Gasteiger charge is -2.35. The van der Waals surface area contributed by atoms with E-state index in [1.54, 1.807) is 12.1 Å². The van der Waals surface area contributed by atoms with E-state index in [4.69, 9.17) is 16.3 Å². The summed E-state index contributed by atoms with van der Waals surface area (Å²) in [7, 11) is -3.82. The molecule has 34 heavy (non-hydrogen) atoms. The quantitative estimate of drug-likeness (QED) is 0.548. The largest absolute Gasteiger partial charge is 0.379 e. The molecule has 0 aromatic carbocycles. The van der Waals surface area contributed by atoms with Crippen molar-refractivity contribution >= 4 is 50.9 Å². The van der Waals surface area contributed by atoms with Crippen molar-refractivity contribution in [1.82, 2.24) is 19.4 Å². The molecular formula is C22H31ClN4O5S2. The summed E-state index contributed by atoms with van der Waals surface area (Å²) in [4.78, 5) is 32.5. The van der Waals surface area contributed by atoms with Crippen LogP contribution in [-0.2, 0) is 24.3 Å². The summed E-state index contributed by atoms with van der Waals surface area (Å²) in [6.07, 6.45) is 4.41. The summed E-state index contributed by atoms with van der Waals surface area (Å²) in [6.45, 7) is 5.15. The minimum atomic E-state index is -3.82. The second-order valence-corrected chi connectivity index (χ2v) is 12.2. The lowest BCUT2D eigenvalue weighted by Crippen LogP contribution is -2.55. The first-order valence-corrected chi connectivity index (χ1v) is 14.4. The molecule has 3 aliphatic heterocycles. The Bertz CT molecular complexity index is 1010. The van der Waals surface area contributed by atoms with Gasteiger partial charge in [-0.2, -0.15) is 4.72 Å². The maximum atomic E-state index is 13.1. The summed E-state index contributed by atoms with van der Waals surface area (Å²) < 4.78 is 33.5. The number of hydrogen-bond donors (Lipinski definition) is 1. The predicted octanol–water partition coefficient (Wildman–Crippen LogP) is 1.61. The van der Waals surface area contributed by atoms with Gasteiger partial charge in [-0.15, -0.1) is 11.3 Å². The minimum Gasteiger partial charge on any atom is -0.379 e. The van der Waals surface area contributed by atoms with Gasteiger partial charge in [-0.3, -0.25) is 14.5 Å². The molecule has 1 aromatic rings. The number of nitrogens with one attached hydrogen (secondary N) is 1. The molecule has 2 atom stereocenters. The highest BCUT2D eigenvalue weighted by atomic mass is 35.5. The van der Waals surface area contributed by atoms with E-state index in [1.165, 1.54) is 22.3 Å². The standard InChI is InChI=1S/C22H31ClN4O5S2/c23-20-6-5-18(33-20)7-14-34(30,31)24-19-4-2-8-26(22(19)29)16-21(28)27-9-1-3-17(27)15-25-10-12-32-13-11-25/h5-7,14,17,19,24H,1-4,8-13,15-16H2/b14-7+/t17-,19-/m0/s1. The molecule has 0 spiro atoms. The van der Waals surface area contributed by atoms with Crippen LogP contribution in [0.15, 0.2) is 17.5 Å². The van der Waals surface area contributed by atoms with E-state index < -0.39 is 16.1 Å². The van der Waals surface area contributed by atoms with Gasteiger partial charge in [-0.05, 0) is 43.9 Å². The van der Waals surface area contributed by atoms with Gasteiger partial charge in [0.15, 0.2) is 0 Å². The highest BCUT2D eigenvalue weighted by molar-refractivity contribution is 7.92. The zero-order valence-electron chi connectivity index (χ0n) is 19.0. The summed E-state index contributed by atoms with van der Waals surface area (Å²) in [5.41, 5.74) is 0. The van der Waals surface area contributed by atoms with Crippen LogP contribution in [0.5, 0.6) is 0 Å². The topological polar surface area (TPSA) is 99.3 Å². The first-order valence-electron chi connectivity index (χ1n) is 11.6. The van der Waals surface area contributed by atoms with Crippen LogP contribution in [0.2, 0.25) is 4.34 Å². The van der Waals surface area contributed by atoms with Gasteiger partial charge in [-0.1, -0.05) is 11.6 Å². The molecule has 1 N–H and O–H groups in total. The van der Waals surface area contributed by atoms with Crippen LogP contribution in [0.3, 0.4) is 0 Å². The van der Waals surface area contributed by atoms with Gasteiger partial charge in [0.05, 0.1) is 24.1 Å². The number of sulfonamides is 1. The molecule has 4 rings (SSSR count). The first-order chi connectivity index (χ1) is 16.3. The average Bonchev–Trinajstić information content (AvgIpc) is 3.44. The molecule has 3 aliphatic rings. The number of ether oxygens (including phenoxy) is 1. The van der Waals surface area contributed by atoms with Gasteiger partial charge < -0.3 is 14.5 Å². The fourth-order valence-corrected chi connectivity index (χ4v) is 6.78. The number of piperidine rings is 1. The zero-order chi connectivity index (χ0) is 24.1. The molecule has 2 amide bonds. The number of carbonyl (C=O) groups is 2. The van der Waals surface area contributed by atoms with Gasteiger partial charge in [-0.25, -0.2) is 8.42 Å². The Morgan fingerprint density at radius 1 is 1.18 bits per heavy atom. The molecule has 0 aliphatic carbocycles. The van der Waals surface area contributed by atoms with E-state index in [2.05, 4.69) is 9.62 Å². The van der Waals surface area contributed by atoms with Crippen molar-refractivity contribution in [2.75, 3.05) is 52.5 Å². The van der Waals surface area contributed by atoms with E-state index in [0.29, 0.717) is 35.1 Å². The fraction of sp³-hybridized carbons (Fsp3) is 0.636. The summed E-state index contributed by atoms with van der Waals surface area (Å²) >= 11 is 7.14. The van der Waals surface area contributed by atoms with Crippen LogP contribution in [0.25, 0.3) is 6.08 Å². The van der Waals surface area contributed by atoms with Gasteiger partial charge in [0.1, 0.15) is 6.04 Å². The second kappa shape index (κ2) is 11.5. The van der Waals surface area contributed by atoms with E-state index in [-0.39, 0.29) is 24.4 Å². The van der Waals surface area contributed by atoms with Crippen molar-refractivity contribution in [2.45, 2.75) is 37.8 Å². The van der Waals surface area contributed by atoms with Crippen LogP contribution < -0.4 is 4.72 Å². The minimum absolute atomic E-state index is 0.0137. The number of morpholine rings is 1. The predicted molar refractivity (Wildman–Crippen MR) is 132 cm³/mol. The number of rotatable bonds is 8. The Hall–Kier alpha value is -1.50. The van der Waals surface area contributed by atoms with E-state index >= 15 is 0 Å². The number of nitrogens with zero attached hydrogens (tertiary/aromatic N) is 3. The molecule has 0 unspecified atom stereocenters. The average molecular weight is 531 g/mol. The normalized spacial score (nSPS) is 24.9. The number of hydrogen-bond acceptors (Lipinski definition) is 7. The Morgan fingerprint density at radius 2 is 1.94 bits per heavy atom. The fourth-order valence-electron chi connectivity index (χ4n) is 4.71. The Kier molecular flexibility index (Phi) is 8.65. The molecule has 0 saturated carbocycles. The Morgan fingerprint density at radius 3 is 2.68 bits per heavy atom. The molecular weight excluding hydrogens is 500 g/mol. The van der Waals surface area contributed by atoms with Crippen molar-refractivity contribution in [3.8, 4) is 0 Å². The molecule has 0 bridgehead atoms. The highest BCUT2D eigenvalue weighted by Gasteiger charge is 2.35. The second-order valence-electron chi connectivity index (χ2n) is 8.86. The molecule has 1 aromatic heterocycles. The highest BCUT2D eigenvalue weighted by Crippen LogP contribution is 2.23. The molecule has 9 nitrogen and oxygen atoms in total. The Balaban J connectivity index is 1.32. The van der Waals surface area contributed by atoms with Crippen molar-refractivity contribution < 1.29 is 22.7 Å². The number of likely N-dealkylation sites (tertiary alicyclic amines) is 2. The van der Waals surface area contributed by atoms with Gasteiger partial charge in [0.2, 0.25) is 21.8 Å². The summed E-state index contributed by atoms with van der Waals surface area (Å²) in [5, 5.41) is 1.05. The summed E-state index contributed by atoms with van der Waals surface area (Å²) in [6, 6.07) is 2.70. The zero-order valence-corrected chi connectivity index (χ0v) is 21.4. The van der Waals surface area contributed by atoms with Crippen molar-refractivity contribution in [1.29, 1.82) is 0 Å². The molecule has 188 valence electrons. The number of halogens is 1. The molecule has 0 radical (unpaired) electrons. The van der Waals surface area contributed by atoms with Crippen LogP contribution in [-0.4, -0.2) is 99.5 Å². The molecule has 4 heterocycles. The number of thiophene rings is 1. The van der Waals surface area contributed by atoms with E-state index in [9.17, 15) is 18.0 Å². The third-order valence-electron chi connectivity index (χ3n) is 6.44. The van der Waals surface area contributed by atoms with Crippen molar-refractivity contribution in [3.63, 3.8) is 0 Å². The van der Waals surface area contributed by atoms with Crippen LogP contribution in [0.4, 0.5) is 0 Å². The van der Waals surface area contributed by atoms with Gasteiger partial charge in [0, 0.05) is 49.1 Å². The van der Waals surface area contributed by atoms with Crippen LogP contribution in [0, 0.1) is 0 Å². The SMILES string of the molecule is O=C1[C@@H](NS(=O)(=O)/C=C/c2ccc(Cl)s2)CCCN1CC(=O)N1CCC[C@H]1CN1CCOCC1. The van der Waals surface area contributed by atoms with Gasteiger partial charge >= 0.3 is 0 Å². The van der Waals surface area contributed by atoms with Crippen LogP contribution in [0.1, 0.15) is 30.6 Å². The first kappa shape index (κ1) is 25.6. The number of carbonyl (C=O) groups excluding carboxylic acids is 2. The van der Waals surface area contributed by atoms with E-state index in [0.717, 1.165) is 51.1 Å². The third-order valence-corrected chi connectivity index (χ3v) is 8.74. The number of amides is 2. The molecule has 3 fully saturated rings. The third kappa shape index (κ3) is 6.79. The maximum Gasteiger partial charge on any atom is 0.242 e. The van der Waals surface area contributed by atoms with Crippen molar-refractivity contribution in [3.05, 3.63) is 26.8 Å². The summed E-state index contributed by atoms with van der Waals surface area (Å²) in [5.74, 6) is -0.415. The monoisotopic (exact) mass is 530 g/mol.